The molecule has 2 aromatic carbocycles. The number of nitrogens with one attached hydrogen (secondary N) is 2. The van der Waals surface area contributed by atoms with Gasteiger partial charge in [-0.15, -0.1) is 0 Å². The van der Waals surface area contributed by atoms with Crippen LogP contribution in [0.5, 0.6) is 5.75 Å². The summed E-state index contributed by atoms with van der Waals surface area (Å²) in [5.41, 5.74) is 1.94. The molecule has 5 nitrogen and oxygen atoms in total. The number of ether oxygens (including phenoxy) is 2. The van der Waals surface area contributed by atoms with E-state index in [-0.39, 0.29) is 12.6 Å². The van der Waals surface area contributed by atoms with E-state index in [9.17, 15) is 13.2 Å². The molecule has 0 aliphatic carbocycles. The van der Waals surface area contributed by atoms with E-state index in [1.54, 1.807) is 7.05 Å². The maximum absolute atomic E-state index is 12.6. The molecule has 2 aromatic rings. The van der Waals surface area contributed by atoms with E-state index in [2.05, 4.69) is 27.5 Å². The van der Waals surface area contributed by atoms with Gasteiger partial charge in [0.25, 0.3) is 0 Å². The summed E-state index contributed by atoms with van der Waals surface area (Å²) in [5.74, 6) is 7.11. The number of aliphatic imine (C=N–C) groups is 1. The Kier molecular flexibility index (Phi) is 8.01. The van der Waals surface area contributed by atoms with Crippen molar-refractivity contribution in [2.45, 2.75) is 32.2 Å². The Balaban J connectivity index is 1.52. The van der Waals surface area contributed by atoms with Crippen LogP contribution in [-0.4, -0.2) is 38.9 Å². The number of guanidine groups is 1. The second-order valence-corrected chi connectivity index (χ2v) is 7.37. The maximum Gasteiger partial charge on any atom is 0.416 e. The molecule has 0 bridgehead atoms. The van der Waals surface area contributed by atoms with E-state index in [4.69, 9.17) is 9.47 Å². The Bertz CT molecular complexity index is 986. The van der Waals surface area contributed by atoms with Crippen molar-refractivity contribution < 1.29 is 22.6 Å². The number of benzene rings is 2. The molecule has 1 aliphatic heterocycles. The van der Waals surface area contributed by atoms with E-state index < -0.39 is 11.7 Å². The SMILES string of the molecule is CN=C(NCC#Cc1ccc(C(F)(F)F)cc1)NCc1ccc(C)cc1OC1CCOC1. The van der Waals surface area contributed by atoms with Crippen molar-refractivity contribution >= 4 is 5.96 Å². The first kappa shape index (κ1) is 23.5. The number of alkyl halides is 3. The van der Waals surface area contributed by atoms with Crippen LogP contribution in [0.4, 0.5) is 13.2 Å². The third-order valence-electron chi connectivity index (χ3n) is 4.86. The van der Waals surface area contributed by atoms with Gasteiger partial charge < -0.3 is 20.1 Å². The van der Waals surface area contributed by atoms with E-state index in [1.807, 2.05) is 25.1 Å². The van der Waals surface area contributed by atoms with Crippen LogP contribution in [0.1, 0.15) is 28.7 Å². The fraction of sp³-hybridized carbons (Fsp3) is 0.375. The first-order valence-corrected chi connectivity index (χ1v) is 10.3. The minimum absolute atomic E-state index is 0.0634. The van der Waals surface area contributed by atoms with Gasteiger partial charge >= 0.3 is 6.18 Å². The summed E-state index contributed by atoms with van der Waals surface area (Å²) >= 11 is 0. The van der Waals surface area contributed by atoms with Crippen LogP contribution in [0.2, 0.25) is 0 Å². The van der Waals surface area contributed by atoms with Crippen molar-refractivity contribution in [3.8, 4) is 17.6 Å². The van der Waals surface area contributed by atoms with Gasteiger partial charge in [0.2, 0.25) is 0 Å². The molecule has 2 N–H and O–H groups in total. The van der Waals surface area contributed by atoms with Crippen LogP contribution >= 0.6 is 0 Å². The zero-order chi connectivity index (χ0) is 23.0. The first-order chi connectivity index (χ1) is 15.3. The lowest BCUT2D eigenvalue weighted by Crippen LogP contribution is -2.37. The molecule has 3 rings (SSSR count). The molecule has 1 atom stereocenters. The van der Waals surface area contributed by atoms with Gasteiger partial charge in [0.1, 0.15) is 11.9 Å². The third-order valence-corrected chi connectivity index (χ3v) is 4.86. The third kappa shape index (κ3) is 6.92. The monoisotopic (exact) mass is 445 g/mol. The lowest BCUT2D eigenvalue weighted by molar-refractivity contribution is -0.137. The van der Waals surface area contributed by atoms with Gasteiger partial charge in [-0.2, -0.15) is 13.2 Å². The largest absolute Gasteiger partial charge is 0.488 e. The quantitative estimate of drug-likeness (QED) is 0.417. The Morgan fingerprint density at radius 2 is 1.97 bits per heavy atom. The highest BCUT2D eigenvalue weighted by Gasteiger charge is 2.29. The molecule has 0 amide bonds. The van der Waals surface area contributed by atoms with Gasteiger partial charge in [-0.25, -0.2) is 0 Å². The highest BCUT2D eigenvalue weighted by atomic mass is 19.4. The number of nitrogens with zero attached hydrogens (tertiary/aromatic N) is 1. The van der Waals surface area contributed by atoms with Crippen molar-refractivity contribution in [3.05, 3.63) is 64.7 Å². The molecule has 170 valence electrons. The Morgan fingerprint density at radius 3 is 2.62 bits per heavy atom. The smallest absolute Gasteiger partial charge is 0.416 e. The summed E-state index contributed by atoms with van der Waals surface area (Å²) in [6.45, 7) is 4.13. The van der Waals surface area contributed by atoms with Crippen molar-refractivity contribution in [2.75, 3.05) is 26.8 Å². The van der Waals surface area contributed by atoms with Crippen LogP contribution < -0.4 is 15.4 Å². The Morgan fingerprint density at radius 1 is 1.19 bits per heavy atom. The fourth-order valence-electron chi connectivity index (χ4n) is 3.12. The lowest BCUT2D eigenvalue weighted by Gasteiger charge is -2.17. The Labute approximate surface area is 186 Å². The molecule has 1 heterocycles. The van der Waals surface area contributed by atoms with Gasteiger partial charge in [0.15, 0.2) is 5.96 Å². The van der Waals surface area contributed by atoms with Crippen LogP contribution in [-0.2, 0) is 17.5 Å². The average molecular weight is 445 g/mol. The number of hydrogen-bond acceptors (Lipinski definition) is 3. The molecular weight excluding hydrogens is 419 g/mol. The number of halogens is 3. The summed E-state index contributed by atoms with van der Waals surface area (Å²) in [6, 6.07) is 10.8. The summed E-state index contributed by atoms with van der Waals surface area (Å²) in [7, 11) is 1.65. The zero-order valence-electron chi connectivity index (χ0n) is 18.1. The molecule has 1 saturated heterocycles. The molecule has 8 heteroatoms. The minimum Gasteiger partial charge on any atom is -0.488 e. The van der Waals surface area contributed by atoms with Gasteiger partial charge in [-0.1, -0.05) is 24.0 Å². The summed E-state index contributed by atoms with van der Waals surface area (Å²) < 4.78 is 49.3. The standard InChI is InChI=1S/C24H26F3N3O2/c1-17-5-8-19(22(14-17)32-21-11-13-31-16-21)15-30-23(28-2)29-12-3-4-18-6-9-20(10-7-18)24(25,26)27/h5-10,14,21H,11-13,15-16H2,1-2H3,(H2,28,29,30). The maximum atomic E-state index is 12.6. The second-order valence-electron chi connectivity index (χ2n) is 7.37. The van der Waals surface area contributed by atoms with E-state index in [0.717, 1.165) is 35.4 Å². The molecular formula is C24H26F3N3O2. The number of hydrogen-bond donors (Lipinski definition) is 2. The average Bonchev–Trinajstić information content (AvgIpc) is 3.27. The second kappa shape index (κ2) is 10.9. The topological polar surface area (TPSA) is 54.9 Å². The highest BCUT2D eigenvalue weighted by Crippen LogP contribution is 2.29. The molecule has 0 saturated carbocycles. The number of rotatable bonds is 5. The van der Waals surface area contributed by atoms with Gasteiger partial charge in [-0.3, -0.25) is 4.99 Å². The van der Waals surface area contributed by atoms with Crippen LogP contribution in [0.3, 0.4) is 0 Å². The summed E-state index contributed by atoms with van der Waals surface area (Å²) in [6.07, 6.45) is -3.41. The highest BCUT2D eigenvalue weighted by molar-refractivity contribution is 5.80. The van der Waals surface area contributed by atoms with E-state index in [0.29, 0.717) is 31.3 Å². The van der Waals surface area contributed by atoms with E-state index >= 15 is 0 Å². The minimum atomic E-state index is -4.35. The van der Waals surface area contributed by atoms with Gasteiger partial charge in [0.05, 0.1) is 25.3 Å². The van der Waals surface area contributed by atoms with Crippen LogP contribution in [0, 0.1) is 18.8 Å². The van der Waals surface area contributed by atoms with E-state index in [1.165, 1.54) is 12.1 Å². The lowest BCUT2D eigenvalue weighted by atomic mass is 10.1. The zero-order valence-corrected chi connectivity index (χ0v) is 18.1. The molecule has 1 unspecified atom stereocenters. The van der Waals surface area contributed by atoms with Gasteiger partial charge in [-0.05, 0) is 42.8 Å². The summed E-state index contributed by atoms with van der Waals surface area (Å²) in [4.78, 5) is 4.18. The molecule has 1 fully saturated rings. The number of aryl methyl sites for hydroxylation is 1. The predicted octanol–water partition coefficient (Wildman–Crippen LogP) is 3.90. The molecule has 1 aliphatic rings. The van der Waals surface area contributed by atoms with Gasteiger partial charge in [0, 0.05) is 31.1 Å². The normalized spacial score (nSPS) is 16.3. The molecule has 32 heavy (non-hydrogen) atoms. The first-order valence-electron chi connectivity index (χ1n) is 10.3. The summed E-state index contributed by atoms with van der Waals surface area (Å²) in [5, 5.41) is 6.30. The Hall–Kier alpha value is -3.18. The van der Waals surface area contributed by atoms with Crippen molar-refractivity contribution in [3.63, 3.8) is 0 Å². The fourth-order valence-corrected chi connectivity index (χ4v) is 3.12. The molecule has 0 aromatic heterocycles. The molecule has 0 spiro atoms. The molecule has 0 radical (unpaired) electrons. The van der Waals surface area contributed by atoms with Crippen molar-refractivity contribution in [1.29, 1.82) is 0 Å². The predicted molar refractivity (Wildman–Crippen MR) is 118 cm³/mol. The van der Waals surface area contributed by atoms with Crippen LogP contribution in [0.15, 0.2) is 47.5 Å². The van der Waals surface area contributed by atoms with Crippen molar-refractivity contribution in [1.82, 2.24) is 10.6 Å². The van der Waals surface area contributed by atoms with Crippen LogP contribution in [0.25, 0.3) is 0 Å². The van der Waals surface area contributed by atoms with Crippen molar-refractivity contribution in [2.24, 2.45) is 4.99 Å².